The highest BCUT2D eigenvalue weighted by atomic mass is 16.5. The van der Waals surface area contributed by atoms with Gasteiger partial charge in [-0.05, 0) is 27.7 Å². The smallest absolute Gasteiger partial charge is 0.0860 e. The normalized spacial score (nSPS) is 13.3. The maximum atomic E-state index is 9.45. The highest BCUT2D eigenvalue weighted by Crippen LogP contribution is 2.13. The van der Waals surface area contributed by atoms with Crippen LogP contribution in [0.2, 0.25) is 0 Å². The molecule has 0 aromatic heterocycles. The fraction of sp³-hybridized carbons (Fsp3) is 1.00. The van der Waals surface area contributed by atoms with Crippen molar-refractivity contribution in [3.8, 4) is 0 Å². The van der Waals surface area contributed by atoms with Crippen molar-refractivity contribution in [1.82, 2.24) is 0 Å². The minimum atomic E-state index is -0.825. The molecular weight excluding hydrogens is 184 g/mol. The van der Waals surface area contributed by atoms with Crippen molar-refractivity contribution in [2.75, 3.05) is 26.4 Å². The second-order valence-electron chi connectivity index (χ2n) is 4.64. The summed E-state index contributed by atoms with van der Waals surface area (Å²) in [6, 6.07) is 0. The maximum Gasteiger partial charge on any atom is 0.0860 e. The Morgan fingerprint density at radius 1 is 1.07 bits per heavy atom. The Hall–Kier alpha value is -0.160. The second kappa shape index (κ2) is 5.66. The third-order valence-electron chi connectivity index (χ3n) is 1.50. The van der Waals surface area contributed by atoms with E-state index in [4.69, 9.17) is 14.6 Å². The van der Waals surface area contributed by atoms with Crippen LogP contribution in [0.5, 0.6) is 0 Å². The van der Waals surface area contributed by atoms with Crippen LogP contribution in [0.4, 0.5) is 0 Å². The van der Waals surface area contributed by atoms with Gasteiger partial charge in [-0.1, -0.05) is 0 Å². The van der Waals surface area contributed by atoms with Crippen molar-refractivity contribution < 1.29 is 19.7 Å². The predicted molar refractivity (Wildman–Crippen MR) is 54.2 cm³/mol. The molecular formula is C10H22O4. The van der Waals surface area contributed by atoms with Crippen molar-refractivity contribution in [3.05, 3.63) is 0 Å². The van der Waals surface area contributed by atoms with Gasteiger partial charge in [0.25, 0.3) is 0 Å². The zero-order valence-electron chi connectivity index (χ0n) is 9.54. The molecule has 0 saturated heterocycles. The Morgan fingerprint density at radius 2 is 1.64 bits per heavy atom. The van der Waals surface area contributed by atoms with Gasteiger partial charge in [0.15, 0.2) is 0 Å². The molecule has 0 saturated carbocycles. The first-order valence-electron chi connectivity index (χ1n) is 4.82. The molecule has 0 rings (SSSR count). The van der Waals surface area contributed by atoms with Crippen molar-refractivity contribution in [1.29, 1.82) is 0 Å². The fourth-order valence-corrected chi connectivity index (χ4v) is 0.796. The minimum absolute atomic E-state index is 0.0154. The molecule has 0 unspecified atom stereocenters. The second-order valence-corrected chi connectivity index (χ2v) is 4.64. The molecule has 0 bridgehead atoms. The van der Waals surface area contributed by atoms with E-state index in [-0.39, 0.29) is 13.2 Å². The molecule has 0 fully saturated rings. The monoisotopic (exact) mass is 206 g/mol. The number of aliphatic hydroxyl groups is 2. The van der Waals surface area contributed by atoms with Gasteiger partial charge in [-0.3, -0.25) is 0 Å². The van der Waals surface area contributed by atoms with Crippen LogP contribution in [0.15, 0.2) is 0 Å². The largest absolute Gasteiger partial charge is 0.394 e. The van der Waals surface area contributed by atoms with Gasteiger partial charge in [0.2, 0.25) is 0 Å². The molecule has 0 aliphatic rings. The molecule has 0 heterocycles. The van der Waals surface area contributed by atoms with Crippen molar-refractivity contribution in [2.45, 2.75) is 38.9 Å². The van der Waals surface area contributed by atoms with Crippen LogP contribution in [0.3, 0.4) is 0 Å². The number of hydrogen-bond acceptors (Lipinski definition) is 4. The van der Waals surface area contributed by atoms with Crippen LogP contribution >= 0.6 is 0 Å². The topological polar surface area (TPSA) is 58.9 Å². The van der Waals surface area contributed by atoms with Gasteiger partial charge in [0, 0.05) is 0 Å². The first-order valence-corrected chi connectivity index (χ1v) is 4.82. The lowest BCUT2D eigenvalue weighted by Gasteiger charge is -2.28. The SMILES string of the molecule is CC(C)(O)COC(C)(C)COCCO. The lowest BCUT2D eigenvalue weighted by atomic mass is 10.1. The van der Waals surface area contributed by atoms with E-state index >= 15 is 0 Å². The molecule has 0 amide bonds. The minimum Gasteiger partial charge on any atom is -0.394 e. The summed E-state index contributed by atoms with van der Waals surface area (Å²) < 4.78 is 10.6. The predicted octanol–water partition coefficient (Wildman–Crippen LogP) is 0.561. The summed E-state index contributed by atoms with van der Waals surface area (Å²) in [4.78, 5) is 0. The summed E-state index contributed by atoms with van der Waals surface area (Å²) >= 11 is 0. The highest BCUT2D eigenvalue weighted by molar-refractivity contribution is 4.71. The molecule has 0 aliphatic carbocycles. The summed E-state index contributed by atoms with van der Waals surface area (Å²) in [5.41, 5.74) is -1.26. The Labute approximate surface area is 85.8 Å². The zero-order chi connectivity index (χ0) is 11.2. The van der Waals surface area contributed by atoms with E-state index in [0.29, 0.717) is 13.2 Å². The molecule has 4 nitrogen and oxygen atoms in total. The van der Waals surface area contributed by atoms with Crippen LogP contribution in [-0.2, 0) is 9.47 Å². The fourth-order valence-electron chi connectivity index (χ4n) is 0.796. The van der Waals surface area contributed by atoms with E-state index in [1.807, 2.05) is 13.8 Å². The standard InChI is InChI=1S/C10H22O4/c1-9(2,12)7-14-10(3,4)8-13-6-5-11/h11-12H,5-8H2,1-4H3. The van der Waals surface area contributed by atoms with Crippen molar-refractivity contribution in [3.63, 3.8) is 0 Å². The lowest BCUT2D eigenvalue weighted by molar-refractivity contribution is -0.122. The lowest BCUT2D eigenvalue weighted by Crippen LogP contribution is -2.37. The average molecular weight is 206 g/mol. The van der Waals surface area contributed by atoms with Gasteiger partial charge < -0.3 is 19.7 Å². The number of rotatable bonds is 7. The van der Waals surface area contributed by atoms with E-state index in [0.717, 1.165) is 0 Å². The maximum absolute atomic E-state index is 9.45. The third-order valence-corrected chi connectivity index (χ3v) is 1.50. The molecule has 4 heteroatoms. The van der Waals surface area contributed by atoms with Crippen LogP contribution < -0.4 is 0 Å². The van der Waals surface area contributed by atoms with E-state index in [1.54, 1.807) is 13.8 Å². The summed E-state index contributed by atoms with van der Waals surface area (Å²) in [7, 11) is 0. The average Bonchev–Trinajstić information content (AvgIpc) is 2.00. The van der Waals surface area contributed by atoms with Crippen LogP contribution in [0, 0.1) is 0 Å². The summed E-state index contributed by atoms with van der Waals surface area (Å²) in [5.74, 6) is 0. The van der Waals surface area contributed by atoms with E-state index < -0.39 is 11.2 Å². The molecule has 0 radical (unpaired) electrons. The molecule has 0 spiro atoms. The molecule has 14 heavy (non-hydrogen) atoms. The third kappa shape index (κ3) is 8.44. The zero-order valence-corrected chi connectivity index (χ0v) is 9.54. The summed E-state index contributed by atoms with van der Waals surface area (Å²) in [6.07, 6.45) is 0. The first kappa shape index (κ1) is 13.8. The van der Waals surface area contributed by atoms with Gasteiger partial charge in [0.1, 0.15) is 0 Å². The molecule has 2 N–H and O–H groups in total. The van der Waals surface area contributed by atoms with Gasteiger partial charge in [-0.2, -0.15) is 0 Å². The number of ether oxygens (including phenoxy) is 2. The van der Waals surface area contributed by atoms with Crippen molar-refractivity contribution in [2.24, 2.45) is 0 Å². The van der Waals surface area contributed by atoms with Crippen LogP contribution in [0.1, 0.15) is 27.7 Å². The molecule has 0 aromatic carbocycles. The first-order chi connectivity index (χ1) is 6.27. The highest BCUT2D eigenvalue weighted by Gasteiger charge is 2.23. The quantitative estimate of drug-likeness (QED) is 0.598. The molecule has 0 aliphatic heterocycles. The molecule has 86 valence electrons. The summed E-state index contributed by atoms with van der Waals surface area (Å²) in [6.45, 7) is 8.16. The van der Waals surface area contributed by atoms with E-state index in [1.165, 1.54) is 0 Å². The van der Waals surface area contributed by atoms with Crippen LogP contribution in [-0.4, -0.2) is 47.8 Å². The van der Waals surface area contributed by atoms with Crippen molar-refractivity contribution >= 4 is 0 Å². The summed E-state index contributed by atoms with van der Waals surface area (Å²) in [5, 5.41) is 18.0. The van der Waals surface area contributed by atoms with E-state index in [2.05, 4.69) is 0 Å². The van der Waals surface area contributed by atoms with Gasteiger partial charge in [-0.25, -0.2) is 0 Å². The Morgan fingerprint density at radius 3 is 2.07 bits per heavy atom. The molecule has 0 aromatic rings. The van der Waals surface area contributed by atoms with Crippen LogP contribution in [0.25, 0.3) is 0 Å². The Balaban J connectivity index is 3.72. The Bertz CT molecular complexity index is 149. The Kier molecular flexibility index (Phi) is 5.59. The van der Waals surface area contributed by atoms with E-state index in [9.17, 15) is 5.11 Å². The van der Waals surface area contributed by atoms with Gasteiger partial charge in [0.05, 0.1) is 37.6 Å². The number of hydrogen-bond donors (Lipinski definition) is 2. The van der Waals surface area contributed by atoms with Gasteiger partial charge >= 0.3 is 0 Å². The molecule has 0 atom stereocenters. The number of aliphatic hydroxyl groups excluding tert-OH is 1. The van der Waals surface area contributed by atoms with Gasteiger partial charge in [-0.15, -0.1) is 0 Å².